The molecule has 2 saturated heterocycles. The second-order valence-corrected chi connectivity index (χ2v) is 10.7. The Bertz CT molecular complexity index is 1120. The highest BCUT2D eigenvalue weighted by Crippen LogP contribution is 2.36. The highest BCUT2D eigenvalue weighted by Gasteiger charge is 2.41. The van der Waals surface area contributed by atoms with Gasteiger partial charge in [0.1, 0.15) is 12.0 Å². The van der Waals surface area contributed by atoms with Crippen LogP contribution >= 0.6 is 23.2 Å². The van der Waals surface area contributed by atoms with E-state index in [0.29, 0.717) is 28.7 Å². The maximum absolute atomic E-state index is 14.2. The zero-order chi connectivity index (χ0) is 26.9. The Morgan fingerprint density at radius 1 is 1.11 bits per heavy atom. The summed E-state index contributed by atoms with van der Waals surface area (Å²) >= 11 is 12.5. The number of likely N-dealkylation sites (N-methyl/N-ethyl adjacent to an activating group) is 1. The molecule has 0 saturated carbocycles. The molecule has 1 N–H and O–H groups in total. The van der Waals surface area contributed by atoms with E-state index in [4.69, 9.17) is 23.2 Å². The molecule has 0 spiro atoms. The van der Waals surface area contributed by atoms with Crippen molar-refractivity contribution in [1.82, 2.24) is 20.0 Å². The van der Waals surface area contributed by atoms with Crippen LogP contribution in [0.15, 0.2) is 36.4 Å². The molecule has 2 aliphatic rings. The van der Waals surface area contributed by atoms with Crippen LogP contribution in [0.25, 0.3) is 0 Å². The van der Waals surface area contributed by atoms with Gasteiger partial charge in [0.25, 0.3) is 0 Å². The standard InChI is InChI=1S/C26H30Cl2F4N4O/c1-16-11-35(8-7-33-16)25(15-37)36-13-19(18-4-6-21(27)22(28)10-18)24(14-36)34(2)12-17-3-5-20(23(29)9-17)26(30,31)32/h3-6,9-10,15-16,19,24-25,33H,7-8,11-14H2,1-2H3/t16-,19+,24+,25?/m0/s1. The third-order valence-corrected chi connectivity index (χ3v) is 8.04. The van der Waals surface area contributed by atoms with Crippen LogP contribution in [0.5, 0.6) is 0 Å². The predicted octanol–water partition coefficient (Wildman–Crippen LogP) is 4.87. The zero-order valence-corrected chi connectivity index (χ0v) is 22.1. The first-order valence-corrected chi connectivity index (χ1v) is 12.9. The van der Waals surface area contributed by atoms with Gasteiger partial charge in [-0.3, -0.25) is 14.7 Å². The van der Waals surface area contributed by atoms with E-state index in [2.05, 4.69) is 22.0 Å². The van der Waals surface area contributed by atoms with Crippen LogP contribution in [-0.2, 0) is 17.5 Å². The minimum atomic E-state index is -4.75. The van der Waals surface area contributed by atoms with Gasteiger partial charge in [0.2, 0.25) is 0 Å². The number of nitrogens with one attached hydrogen (secondary N) is 1. The summed E-state index contributed by atoms with van der Waals surface area (Å²) in [5.74, 6) is -1.34. The molecule has 202 valence electrons. The van der Waals surface area contributed by atoms with E-state index < -0.39 is 23.7 Å². The monoisotopic (exact) mass is 560 g/mol. The second kappa shape index (κ2) is 11.6. The summed E-state index contributed by atoms with van der Waals surface area (Å²) in [6.45, 7) is 5.72. The van der Waals surface area contributed by atoms with Gasteiger partial charge in [-0.25, -0.2) is 4.39 Å². The molecule has 0 bridgehead atoms. The minimum Gasteiger partial charge on any atom is -0.312 e. The van der Waals surface area contributed by atoms with E-state index in [0.717, 1.165) is 43.6 Å². The Labute approximate surface area is 224 Å². The first-order valence-electron chi connectivity index (χ1n) is 12.2. The number of halogens is 6. The number of benzene rings is 2. The van der Waals surface area contributed by atoms with E-state index in [1.807, 2.05) is 24.1 Å². The van der Waals surface area contributed by atoms with Gasteiger partial charge in [0.05, 0.1) is 15.6 Å². The Kier molecular flexibility index (Phi) is 8.82. The molecule has 2 heterocycles. The number of rotatable bonds is 7. The van der Waals surface area contributed by atoms with Gasteiger partial charge in [-0.2, -0.15) is 13.2 Å². The Morgan fingerprint density at radius 2 is 1.86 bits per heavy atom. The molecule has 2 aromatic rings. The second-order valence-electron chi connectivity index (χ2n) is 9.93. The van der Waals surface area contributed by atoms with Crippen molar-refractivity contribution in [3.05, 3.63) is 69.0 Å². The van der Waals surface area contributed by atoms with Crippen molar-refractivity contribution < 1.29 is 22.4 Å². The van der Waals surface area contributed by atoms with Crippen molar-refractivity contribution in [2.75, 3.05) is 39.8 Å². The number of carbonyl (C=O) groups is 1. The minimum absolute atomic E-state index is 0.0538. The van der Waals surface area contributed by atoms with E-state index in [1.165, 1.54) is 6.07 Å². The molecule has 0 radical (unpaired) electrons. The van der Waals surface area contributed by atoms with Crippen molar-refractivity contribution in [2.45, 2.75) is 43.8 Å². The number of hydrogen-bond acceptors (Lipinski definition) is 5. The first kappa shape index (κ1) is 28.3. The molecule has 0 amide bonds. The Balaban J connectivity index is 1.59. The number of carbonyl (C=O) groups excluding carboxylic acids is 1. The Morgan fingerprint density at radius 3 is 2.49 bits per heavy atom. The fourth-order valence-corrected chi connectivity index (χ4v) is 5.75. The number of likely N-dealkylation sites (tertiary alicyclic amines) is 1. The van der Waals surface area contributed by atoms with E-state index in [1.54, 1.807) is 6.07 Å². The zero-order valence-electron chi connectivity index (χ0n) is 20.6. The number of hydrogen-bond donors (Lipinski definition) is 1. The molecule has 2 aromatic carbocycles. The van der Waals surface area contributed by atoms with E-state index in [-0.39, 0.29) is 24.5 Å². The van der Waals surface area contributed by atoms with Crippen LogP contribution in [0.1, 0.15) is 29.5 Å². The van der Waals surface area contributed by atoms with Crippen LogP contribution in [-0.4, -0.2) is 79.0 Å². The lowest BCUT2D eigenvalue weighted by Crippen LogP contribution is -2.58. The van der Waals surface area contributed by atoms with Gasteiger partial charge in [0, 0.05) is 57.3 Å². The number of alkyl halides is 3. The van der Waals surface area contributed by atoms with Crippen molar-refractivity contribution >= 4 is 29.5 Å². The molecule has 4 atom stereocenters. The number of piperazine rings is 1. The molecule has 0 aliphatic carbocycles. The fraction of sp³-hybridized carbons (Fsp3) is 0.500. The molecular weight excluding hydrogens is 531 g/mol. The van der Waals surface area contributed by atoms with Crippen LogP contribution in [0.4, 0.5) is 17.6 Å². The summed E-state index contributed by atoms with van der Waals surface area (Å²) in [7, 11) is 1.86. The molecule has 5 nitrogen and oxygen atoms in total. The summed E-state index contributed by atoms with van der Waals surface area (Å²) in [6, 6.07) is 8.64. The van der Waals surface area contributed by atoms with Gasteiger partial charge >= 0.3 is 6.18 Å². The highest BCUT2D eigenvalue weighted by atomic mass is 35.5. The van der Waals surface area contributed by atoms with Gasteiger partial charge in [0.15, 0.2) is 6.29 Å². The lowest BCUT2D eigenvalue weighted by Gasteiger charge is -2.39. The SMILES string of the molecule is C[C@H]1CN(C(C=O)N2C[C@H](c3ccc(Cl)c(Cl)c3)[C@H](N(C)Cc3ccc(C(F)(F)F)c(F)c3)C2)CCN1. The molecule has 4 rings (SSSR count). The Hall–Kier alpha value is -1.75. The molecule has 2 aliphatic heterocycles. The van der Waals surface area contributed by atoms with Crippen molar-refractivity contribution in [3.63, 3.8) is 0 Å². The average Bonchev–Trinajstić information content (AvgIpc) is 3.26. The molecule has 37 heavy (non-hydrogen) atoms. The predicted molar refractivity (Wildman–Crippen MR) is 136 cm³/mol. The number of aldehydes is 1. The summed E-state index contributed by atoms with van der Waals surface area (Å²) in [6.07, 6.45) is -4.18. The largest absolute Gasteiger partial charge is 0.419 e. The summed E-state index contributed by atoms with van der Waals surface area (Å²) in [5, 5.41) is 4.25. The van der Waals surface area contributed by atoms with Gasteiger partial charge in [-0.1, -0.05) is 35.3 Å². The first-order chi connectivity index (χ1) is 17.5. The van der Waals surface area contributed by atoms with Crippen molar-refractivity contribution in [1.29, 1.82) is 0 Å². The smallest absolute Gasteiger partial charge is 0.312 e. The topological polar surface area (TPSA) is 38.8 Å². The quantitative estimate of drug-likeness (QED) is 0.386. The van der Waals surface area contributed by atoms with Crippen LogP contribution < -0.4 is 5.32 Å². The maximum atomic E-state index is 14.2. The highest BCUT2D eigenvalue weighted by molar-refractivity contribution is 6.42. The van der Waals surface area contributed by atoms with Crippen LogP contribution in [0, 0.1) is 5.82 Å². The van der Waals surface area contributed by atoms with Crippen LogP contribution in [0.3, 0.4) is 0 Å². The number of nitrogens with zero attached hydrogens (tertiary/aromatic N) is 3. The van der Waals surface area contributed by atoms with Crippen molar-refractivity contribution in [3.8, 4) is 0 Å². The van der Waals surface area contributed by atoms with Gasteiger partial charge in [-0.05, 0) is 49.4 Å². The van der Waals surface area contributed by atoms with E-state index >= 15 is 0 Å². The third kappa shape index (κ3) is 6.46. The summed E-state index contributed by atoms with van der Waals surface area (Å²) < 4.78 is 53.2. The third-order valence-electron chi connectivity index (χ3n) is 7.30. The lowest BCUT2D eigenvalue weighted by atomic mass is 9.93. The summed E-state index contributed by atoms with van der Waals surface area (Å²) in [4.78, 5) is 18.6. The maximum Gasteiger partial charge on any atom is 0.419 e. The molecular formula is C26H30Cl2F4N4O. The lowest BCUT2D eigenvalue weighted by molar-refractivity contribution is -0.140. The van der Waals surface area contributed by atoms with Crippen molar-refractivity contribution in [2.24, 2.45) is 0 Å². The normalized spacial score (nSPS) is 24.5. The van der Waals surface area contributed by atoms with E-state index in [9.17, 15) is 22.4 Å². The molecule has 0 aromatic heterocycles. The van der Waals surface area contributed by atoms with Crippen LogP contribution in [0.2, 0.25) is 10.0 Å². The summed E-state index contributed by atoms with van der Waals surface area (Å²) in [5.41, 5.74) is 0.103. The average molecular weight is 561 g/mol. The van der Waals surface area contributed by atoms with Gasteiger partial charge < -0.3 is 10.1 Å². The molecule has 11 heteroatoms. The van der Waals surface area contributed by atoms with Gasteiger partial charge in [-0.15, -0.1) is 0 Å². The molecule has 2 fully saturated rings. The fourth-order valence-electron chi connectivity index (χ4n) is 5.45. The molecule has 1 unspecified atom stereocenters.